The number of rotatable bonds is 7. The van der Waals surface area contributed by atoms with E-state index in [1.165, 1.54) is 11.3 Å². The number of carbonyl (C=O) groups is 2. The van der Waals surface area contributed by atoms with E-state index in [1.807, 2.05) is 7.05 Å². The minimum atomic E-state index is -0.0426. The molecule has 25 heavy (non-hydrogen) atoms. The maximum atomic E-state index is 12.2. The fourth-order valence-electron chi connectivity index (χ4n) is 3.14. The number of piperidine rings is 1. The SMILES string of the molecule is CNCCC1CCN(CC(=O)Nc2ccc(C(=O)N(C)C)cc2)CC1. The summed E-state index contributed by atoms with van der Waals surface area (Å²) in [5, 5.41) is 6.12. The molecular weight excluding hydrogens is 316 g/mol. The third-order valence-corrected chi connectivity index (χ3v) is 4.70. The van der Waals surface area contributed by atoms with Gasteiger partial charge >= 0.3 is 0 Å². The van der Waals surface area contributed by atoms with Gasteiger partial charge in [0.25, 0.3) is 5.91 Å². The molecule has 0 aliphatic carbocycles. The molecule has 1 aromatic carbocycles. The van der Waals surface area contributed by atoms with Crippen molar-refractivity contribution in [3.63, 3.8) is 0 Å². The lowest BCUT2D eigenvalue weighted by atomic mass is 9.93. The maximum Gasteiger partial charge on any atom is 0.253 e. The van der Waals surface area contributed by atoms with E-state index in [1.54, 1.807) is 38.4 Å². The van der Waals surface area contributed by atoms with Gasteiger partial charge in [-0.3, -0.25) is 14.5 Å². The van der Waals surface area contributed by atoms with Gasteiger partial charge in [0.15, 0.2) is 0 Å². The topological polar surface area (TPSA) is 64.7 Å². The highest BCUT2D eigenvalue weighted by Crippen LogP contribution is 2.20. The van der Waals surface area contributed by atoms with Crippen molar-refractivity contribution in [3.8, 4) is 0 Å². The van der Waals surface area contributed by atoms with Crippen LogP contribution in [0.3, 0.4) is 0 Å². The second-order valence-electron chi connectivity index (χ2n) is 6.94. The van der Waals surface area contributed by atoms with Crippen LogP contribution in [0.4, 0.5) is 5.69 Å². The number of amides is 2. The van der Waals surface area contributed by atoms with Crippen molar-refractivity contribution >= 4 is 17.5 Å². The van der Waals surface area contributed by atoms with Crippen molar-refractivity contribution in [1.82, 2.24) is 15.1 Å². The minimum Gasteiger partial charge on any atom is -0.345 e. The molecule has 2 rings (SSSR count). The summed E-state index contributed by atoms with van der Waals surface area (Å²) in [7, 11) is 5.43. The molecule has 1 aromatic rings. The van der Waals surface area contributed by atoms with Crippen molar-refractivity contribution in [1.29, 1.82) is 0 Å². The molecule has 1 heterocycles. The lowest BCUT2D eigenvalue weighted by Gasteiger charge is -2.31. The largest absolute Gasteiger partial charge is 0.345 e. The summed E-state index contributed by atoms with van der Waals surface area (Å²) in [5.41, 5.74) is 1.34. The average Bonchev–Trinajstić information content (AvgIpc) is 2.61. The molecule has 1 fully saturated rings. The molecular formula is C19H30N4O2. The van der Waals surface area contributed by atoms with Crippen LogP contribution < -0.4 is 10.6 Å². The lowest BCUT2D eigenvalue weighted by molar-refractivity contribution is -0.117. The van der Waals surface area contributed by atoms with Crippen molar-refractivity contribution in [2.75, 3.05) is 52.6 Å². The van der Waals surface area contributed by atoms with Crippen LogP contribution in [0.1, 0.15) is 29.6 Å². The lowest BCUT2D eigenvalue weighted by Crippen LogP contribution is -2.39. The summed E-state index contributed by atoms with van der Waals surface area (Å²) in [6.45, 7) is 3.46. The molecule has 1 aliphatic rings. The Hall–Kier alpha value is -1.92. The Morgan fingerprint density at radius 3 is 2.36 bits per heavy atom. The van der Waals surface area contributed by atoms with Crippen LogP contribution in [0, 0.1) is 5.92 Å². The van der Waals surface area contributed by atoms with Crippen molar-refractivity contribution in [3.05, 3.63) is 29.8 Å². The van der Waals surface area contributed by atoms with E-state index in [2.05, 4.69) is 15.5 Å². The molecule has 0 spiro atoms. The van der Waals surface area contributed by atoms with Crippen LogP contribution in [0.15, 0.2) is 24.3 Å². The molecule has 6 heteroatoms. The molecule has 0 unspecified atom stereocenters. The van der Waals surface area contributed by atoms with E-state index in [0.29, 0.717) is 12.1 Å². The third-order valence-electron chi connectivity index (χ3n) is 4.70. The smallest absolute Gasteiger partial charge is 0.253 e. The Kier molecular flexibility index (Phi) is 7.40. The summed E-state index contributed by atoms with van der Waals surface area (Å²) in [6.07, 6.45) is 3.54. The highest BCUT2D eigenvalue weighted by molar-refractivity contribution is 5.96. The zero-order chi connectivity index (χ0) is 18.2. The van der Waals surface area contributed by atoms with Gasteiger partial charge in [-0.25, -0.2) is 0 Å². The summed E-state index contributed by atoms with van der Waals surface area (Å²) >= 11 is 0. The van der Waals surface area contributed by atoms with Gasteiger partial charge in [0.1, 0.15) is 0 Å². The van der Waals surface area contributed by atoms with Crippen LogP contribution in [0.2, 0.25) is 0 Å². The monoisotopic (exact) mass is 346 g/mol. The first-order chi connectivity index (χ1) is 12.0. The number of likely N-dealkylation sites (tertiary alicyclic amines) is 1. The molecule has 0 atom stereocenters. The maximum absolute atomic E-state index is 12.2. The van der Waals surface area contributed by atoms with E-state index in [-0.39, 0.29) is 11.8 Å². The summed E-state index contributed by atoms with van der Waals surface area (Å²) in [5.74, 6) is 0.730. The number of hydrogen-bond donors (Lipinski definition) is 2. The number of anilines is 1. The van der Waals surface area contributed by atoms with Crippen LogP contribution in [0.5, 0.6) is 0 Å². The van der Waals surface area contributed by atoms with Gasteiger partial charge in [0.2, 0.25) is 5.91 Å². The first-order valence-electron chi connectivity index (χ1n) is 8.98. The van der Waals surface area contributed by atoms with Crippen LogP contribution in [0.25, 0.3) is 0 Å². The van der Waals surface area contributed by atoms with Gasteiger partial charge in [-0.05, 0) is 76.1 Å². The first kappa shape index (κ1) is 19.4. The Labute approximate surface area is 150 Å². The summed E-state index contributed by atoms with van der Waals surface area (Å²) < 4.78 is 0. The Morgan fingerprint density at radius 1 is 1.16 bits per heavy atom. The van der Waals surface area contributed by atoms with Gasteiger partial charge in [0, 0.05) is 25.3 Å². The molecule has 1 saturated heterocycles. The molecule has 0 saturated carbocycles. The predicted molar refractivity (Wildman–Crippen MR) is 101 cm³/mol. The zero-order valence-corrected chi connectivity index (χ0v) is 15.5. The molecule has 0 radical (unpaired) electrons. The van der Waals surface area contributed by atoms with E-state index < -0.39 is 0 Å². The Morgan fingerprint density at radius 2 is 1.80 bits per heavy atom. The minimum absolute atomic E-state index is 0.000334. The van der Waals surface area contributed by atoms with E-state index in [9.17, 15) is 9.59 Å². The van der Waals surface area contributed by atoms with Crippen molar-refractivity contribution in [2.45, 2.75) is 19.3 Å². The Balaban J connectivity index is 1.76. The van der Waals surface area contributed by atoms with Crippen LogP contribution >= 0.6 is 0 Å². The number of nitrogens with zero attached hydrogens (tertiary/aromatic N) is 2. The van der Waals surface area contributed by atoms with Gasteiger partial charge in [0.05, 0.1) is 6.54 Å². The number of nitrogens with one attached hydrogen (secondary N) is 2. The standard InChI is InChI=1S/C19H30N4O2/c1-20-11-8-15-9-12-23(13-10-15)14-18(24)21-17-6-4-16(5-7-17)19(25)22(2)3/h4-7,15,20H,8-14H2,1-3H3,(H,21,24). The summed E-state index contributed by atoms with van der Waals surface area (Å²) in [4.78, 5) is 27.8. The first-order valence-corrected chi connectivity index (χ1v) is 8.98. The molecule has 1 aliphatic heterocycles. The van der Waals surface area contributed by atoms with E-state index >= 15 is 0 Å². The Bertz CT molecular complexity index is 563. The van der Waals surface area contributed by atoms with Gasteiger partial charge in [-0.1, -0.05) is 0 Å². The van der Waals surface area contributed by atoms with Gasteiger partial charge in [-0.2, -0.15) is 0 Å². The van der Waals surface area contributed by atoms with Crippen molar-refractivity contribution < 1.29 is 9.59 Å². The highest BCUT2D eigenvalue weighted by Gasteiger charge is 2.20. The number of hydrogen-bond acceptors (Lipinski definition) is 4. The predicted octanol–water partition coefficient (Wildman–Crippen LogP) is 1.65. The second kappa shape index (κ2) is 9.53. The van der Waals surface area contributed by atoms with Crippen LogP contribution in [-0.4, -0.2) is 68.9 Å². The molecule has 138 valence electrons. The molecule has 2 N–H and O–H groups in total. The van der Waals surface area contributed by atoms with E-state index in [0.717, 1.165) is 44.1 Å². The highest BCUT2D eigenvalue weighted by atomic mass is 16.2. The normalized spacial score (nSPS) is 15.8. The molecule has 6 nitrogen and oxygen atoms in total. The van der Waals surface area contributed by atoms with Crippen LogP contribution in [-0.2, 0) is 4.79 Å². The average molecular weight is 346 g/mol. The van der Waals surface area contributed by atoms with Gasteiger partial charge < -0.3 is 15.5 Å². The molecule has 0 bridgehead atoms. The zero-order valence-electron chi connectivity index (χ0n) is 15.5. The van der Waals surface area contributed by atoms with Gasteiger partial charge in [-0.15, -0.1) is 0 Å². The fourth-order valence-corrected chi connectivity index (χ4v) is 3.14. The molecule has 0 aromatic heterocycles. The van der Waals surface area contributed by atoms with E-state index in [4.69, 9.17) is 0 Å². The third kappa shape index (κ3) is 6.14. The number of carbonyl (C=O) groups excluding carboxylic acids is 2. The fraction of sp³-hybridized carbons (Fsp3) is 0.579. The summed E-state index contributed by atoms with van der Waals surface area (Å²) in [6, 6.07) is 7.04. The second-order valence-corrected chi connectivity index (χ2v) is 6.94. The number of benzene rings is 1. The van der Waals surface area contributed by atoms with Crippen molar-refractivity contribution in [2.24, 2.45) is 5.92 Å². The molecule has 2 amide bonds. The quantitative estimate of drug-likeness (QED) is 0.788.